The monoisotopic (exact) mass is 447 g/mol. The summed E-state index contributed by atoms with van der Waals surface area (Å²) >= 11 is 3.45. The molecule has 1 fully saturated rings. The van der Waals surface area contributed by atoms with Crippen molar-refractivity contribution >= 4 is 31.6 Å². The molecule has 1 aliphatic rings. The molecule has 1 N–H and O–H groups in total. The molecule has 0 saturated heterocycles. The zero-order chi connectivity index (χ0) is 19.2. The SMILES string of the molecule is Cc1ccc(-c2noc([C@@H]3C[C@H]3c3ccc(Br)cc3)n2)cc1NS(C)(=O)=O. The maximum Gasteiger partial charge on any atom is 0.230 e. The van der Waals surface area contributed by atoms with Gasteiger partial charge in [-0.2, -0.15) is 4.98 Å². The average molecular weight is 448 g/mol. The number of rotatable bonds is 5. The van der Waals surface area contributed by atoms with Crippen LogP contribution in [0, 0.1) is 6.92 Å². The minimum Gasteiger partial charge on any atom is -0.339 e. The van der Waals surface area contributed by atoms with Gasteiger partial charge in [0.15, 0.2) is 0 Å². The summed E-state index contributed by atoms with van der Waals surface area (Å²) in [5.41, 5.74) is 3.31. The van der Waals surface area contributed by atoms with E-state index in [1.165, 1.54) is 5.56 Å². The Labute approximate surface area is 166 Å². The molecule has 1 saturated carbocycles. The van der Waals surface area contributed by atoms with Crippen molar-refractivity contribution in [1.82, 2.24) is 10.1 Å². The van der Waals surface area contributed by atoms with Crippen molar-refractivity contribution < 1.29 is 12.9 Å². The van der Waals surface area contributed by atoms with Crippen LogP contribution in [0.1, 0.15) is 35.3 Å². The molecular formula is C19H18BrN3O3S. The summed E-state index contributed by atoms with van der Waals surface area (Å²) in [7, 11) is -3.36. The van der Waals surface area contributed by atoms with Crippen LogP contribution in [0.5, 0.6) is 0 Å². The topological polar surface area (TPSA) is 85.1 Å². The predicted octanol–water partition coefficient (Wildman–Crippen LogP) is 4.45. The third-order valence-corrected chi connectivity index (χ3v) is 5.76. The lowest BCUT2D eigenvalue weighted by Crippen LogP contribution is -2.10. The molecule has 2 aromatic carbocycles. The second-order valence-corrected chi connectivity index (χ2v) is 9.52. The molecule has 2 atom stereocenters. The zero-order valence-electron chi connectivity index (χ0n) is 14.8. The Morgan fingerprint density at radius 3 is 2.59 bits per heavy atom. The first-order valence-electron chi connectivity index (χ1n) is 8.48. The molecule has 4 rings (SSSR count). The smallest absolute Gasteiger partial charge is 0.230 e. The average Bonchev–Trinajstić information content (AvgIpc) is 3.24. The van der Waals surface area contributed by atoms with Crippen molar-refractivity contribution in [1.29, 1.82) is 0 Å². The molecule has 8 heteroatoms. The van der Waals surface area contributed by atoms with Crippen molar-refractivity contribution in [2.75, 3.05) is 11.0 Å². The van der Waals surface area contributed by atoms with E-state index in [-0.39, 0.29) is 5.92 Å². The Morgan fingerprint density at radius 1 is 1.15 bits per heavy atom. The van der Waals surface area contributed by atoms with Gasteiger partial charge in [-0.15, -0.1) is 0 Å². The van der Waals surface area contributed by atoms with E-state index >= 15 is 0 Å². The minimum atomic E-state index is -3.36. The van der Waals surface area contributed by atoms with E-state index in [2.05, 4.69) is 42.9 Å². The Kier molecular flexibility index (Phi) is 4.55. The van der Waals surface area contributed by atoms with Gasteiger partial charge in [0.25, 0.3) is 0 Å². The van der Waals surface area contributed by atoms with E-state index in [1.807, 2.05) is 31.2 Å². The van der Waals surface area contributed by atoms with E-state index in [0.29, 0.717) is 28.9 Å². The molecule has 1 heterocycles. The van der Waals surface area contributed by atoms with Crippen LogP contribution in [0.4, 0.5) is 5.69 Å². The highest BCUT2D eigenvalue weighted by molar-refractivity contribution is 9.10. The predicted molar refractivity (Wildman–Crippen MR) is 107 cm³/mol. The Balaban J connectivity index is 1.55. The van der Waals surface area contributed by atoms with E-state index in [1.54, 1.807) is 6.07 Å². The fraction of sp³-hybridized carbons (Fsp3) is 0.263. The van der Waals surface area contributed by atoms with Gasteiger partial charge >= 0.3 is 0 Å². The normalized spacial score (nSPS) is 19.1. The van der Waals surface area contributed by atoms with Crippen molar-refractivity contribution in [3.63, 3.8) is 0 Å². The number of benzene rings is 2. The van der Waals surface area contributed by atoms with Crippen LogP contribution in [-0.4, -0.2) is 24.8 Å². The lowest BCUT2D eigenvalue weighted by Gasteiger charge is -2.08. The van der Waals surface area contributed by atoms with Crippen LogP contribution in [0.25, 0.3) is 11.4 Å². The number of sulfonamides is 1. The third-order valence-electron chi connectivity index (χ3n) is 4.64. The summed E-state index contributed by atoms with van der Waals surface area (Å²) in [4.78, 5) is 4.54. The van der Waals surface area contributed by atoms with Gasteiger partial charge in [-0.25, -0.2) is 8.42 Å². The Bertz CT molecular complexity index is 1090. The molecule has 1 aromatic heterocycles. The lowest BCUT2D eigenvalue weighted by atomic mass is 10.1. The highest BCUT2D eigenvalue weighted by atomic mass is 79.9. The first-order valence-corrected chi connectivity index (χ1v) is 11.2. The summed E-state index contributed by atoms with van der Waals surface area (Å²) in [5.74, 6) is 1.71. The number of nitrogens with one attached hydrogen (secondary N) is 1. The van der Waals surface area contributed by atoms with Crippen molar-refractivity contribution in [3.8, 4) is 11.4 Å². The van der Waals surface area contributed by atoms with E-state index in [9.17, 15) is 8.42 Å². The summed E-state index contributed by atoms with van der Waals surface area (Å²) < 4.78 is 32.1. The number of hydrogen-bond acceptors (Lipinski definition) is 5. The van der Waals surface area contributed by atoms with Gasteiger partial charge < -0.3 is 4.52 Å². The van der Waals surface area contributed by atoms with Crippen LogP contribution >= 0.6 is 15.9 Å². The quantitative estimate of drug-likeness (QED) is 0.624. The van der Waals surface area contributed by atoms with Gasteiger partial charge in [0, 0.05) is 16.0 Å². The molecule has 0 radical (unpaired) electrons. The lowest BCUT2D eigenvalue weighted by molar-refractivity contribution is 0.378. The number of aromatic nitrogens is 2. The van der Waals surface area contributed by atoms with Gasteiger partial charge in [-0.3, -0.25) is 4.72 Å². The van der Waals surface area contributed by atoms with Crippen LogP contribution in [-0.2, 0) is 10.0 Å². The Hall–Kier alpha value is -2.19. The van der Waals surface area contributed by atoms with Gasteiger partial charge in [-0.05, 0) is 48.6 Å². The highest BCUT2D eigenvalue weighted by Crippen LogP contribution is 2.54. The molecule has 140 valence electrons. The van der Waals surface area contributed by atoms with E-state index < -0.39 is 10.0 Å². The number of hydrogen-bond donors (Lipinski definition) is 1. The van der Waals surface area contributed by atoms with Gasteiger partial charge in [0.1, 0.15) is 0 Å². The minimum absolute atomic E-state index is 0.228. The molecule has 6 nitrogen and oxygen atoms in total. The standard InChI is InChI=1S/C19H18BrN3O3S/c1-11-3-4-13(9-17(11)23-27(2,24)25)18-21-19(26-22-18)16-10-15(16)12-5-7-14(20)8-6-12/h3-9,15-16,23H,10H2,1-2H3/t15-,16+/m0/s1. The second-order valence-electron chi connectivity index (χ2n) is 6.86. The number of aryl methyl sites for hydroxylation is 1. The highest BCUT2D eigenvalue weighted by Gasteiger charge is 2.43. The summed E-state index contributed by atoms with van der Waals surface area (Å²) in [6.45, 7) is 1.84. The van der Waals surface area contributed by atoms with Crippen molar-refractivity contribution in [3.05, 3.63) is 64.0 Å². The molecule has 0 spiro atoms. The van der Waals surface area contributed by atoms with Crippen molar-refractivity contribution in [2.24, 2.45) is 0 Å². The fourth-order valence-corrected chi connectivity index (χ4v) is 4.00. The van der Waals surface area contributed by atoms with Crippen LogP contribution in [0.3, 0.4) is 0 Å². The first kappa shape index (κ1) is 18.2. The summed E-state index contributed by atoms with van der Waals surface area (Å²) in [6.07, 6.45) is 2.11. The zero-order valence-corrected chi connectivity index (χ0v) is 17.2. The van der Waals surface area contributed by atoms with Crippen LogP contribution in [0.15, 0.2) is 51.5 Å². The van der Waals surface area contributed by atoms with Crippen LogP contribution in [0.2, 0.25) is 0 Å². The van der Waals surface area contributed by atoms with Crippen LogP contribution < -0.4 is 4.72 Å². The molecule has 0 aliphatic heterocycles. The van der Waals surface area contributed by atoms with E-state index in [4.69, 9.17) is 4.52 Å². The molecule has 0 amide bonds. The number of halogens is 1. The second kappa shape index (κ2) is 6.76. The molecule has 0 bridgehead atoms. The maximum absolute atomic E-state index is 11.5. The summed E-state index contributed by atoms with van der Waals surface area (Å²) in [5, 5.41) is 4.09. The molecule has 1 aliphatic carbocycles. The van der Waals surface area contributed by atoms with Crippen molar-refractivity contribution in [2.45, 2.75) is 25.2 Å². The fourth-order valence-electron chi connectivity index (χ4n) is 3.12. The molecule has 27 heavy (non-hydrogen) atoms. The largest absolute Gasteiger partial charge is 0.339 e. The van der Waals surface area contributed by atoms with E-state index in [0.717, 1.165) is 22.7 Å². The maximum atomic E-state index is 11.5. The molecule has 3 aromatic rings. The molecule has 0 unspecified atom stereocenters. The third kappa shape index (κ3) is 4.06. The number of nitrogens with zero attached hydrogens (tertiary/aromatic N) is 2. The van der Waals surface area contributed by atoms with Gasteiger partial charge in [0.2, 0.25) is 21.7 Å². The Morgan fingerprint density at radius 2 is 1.89 bits per heavy atom. The van der Waals surface area contributed by atoms with Gasteiger partial charge in [-0.1, -0.05) is 45.4 Å². The number of anilines is 1. The van der Waals surface area contributed by atoms with Gasteiger partial charge in [0.05, 0.1) is 11.9 Å². The summed E-state index contributed by atoms with van der Waals surface area (Å²) in [6, 6.07) is 13.7. The first-order chi connectivity index (χ1) is 12.8. The molecular weight excluding hydrogens is 430 g/mol.